The number of halogens is 2. The standard InChI is InChI=1S/C23H30ClN5O2.HI/c1-16(30)27-19-7-4-17(5-8-19)10-12-26-23(25-2)28-20-11-13-29(15-20)21-14-18(24)6-9-22(21)31-3;/h4-9,14,20H,10-13,15H2,1-3H3,(H,27,30)(H2,25,26,28);1H. The minimum absolute atomic E-state index is 0. The lowest BCUT2D eigenvalue weighted by molar-refractivity contribution is -0.114. The van der Waals surface area contributed by atoms with Crippen molar-refractivity contribution < 1.29 is 9.53 Å². The highest BCUT2D eigenvalue weighted by molar-refractivity contribution is 14.0. The predicted molar refractivity (Wildman–Crippen MR) is 143 cm³/mol. The SMILES string of the molecule is CN=C(NCCc1ccc(NC(C)=O)cc1)NC1CCN(c2cc(Cl)ccc2OC)C1.I. The molecule has 1 amide bonds. The summed E-state index contributed by atoms with van der Waals surface area (Å²) >= 11 is 6.19. The van der Waals surface area contributed by atoms with Crippen molar-refractivity contribution >= 4 is 58.8 Å². The number of rotatable bonds is 7. The fourth-order valence-corrected chi connectivity index (χ4v) is 3.84. The molecular formula is C23H31ClIN5O2. The number of hydrogen-bond donors (Lipinski definition) is 3. The number of hydrogen-bond acceptors (Lipinski definition) is 4. The van der Waals surface area contributed by atoms with Gasteiger partial charge < -0.3 is 25.6 Å². The van der Waals surface area contributed by atoms with E-state index >= 15 is 0 Å². The Labute approximate surface area is 212 Å². The van der Waals surface area contributed by atoms with E-state index in [-0.39, 0.29) is 35.9 Å². The third kappa shape index (κ3) is 7.44. The highest BCUT2D eigenvalue weighted by atomic mass is 127. The molecule has 1 atom stereocenters. The van der Waals surface area contributed by atoms with Gasteiger partial charge in [-0.3, -0.25) is 9.79 Å². The molecule has 0 aromatic heterocycles. The first kappa shape index (κ1) is 26.1. The molecule has 32 heavy (non-hydrogen) atoms. The lowest BCUT2D eigenvalue weighted by atomic mass is 10.1. The molecular weight excluding hydrogens is 541 g/mol. The van der Waals surface area contributed by atoms with Crippen molar-refractivity contribution in [2.24, 2.45) is 4.99 Å². The molecule has 1 aliphatic heterocycles. The fraction of sp³-hybridized carbons (Fsp3) is 0.391. The Hall–Kier alpha value is -2.20. The predicted octanol–water partition coefficient (Wildman–Crippen LogP) is 3.91. The Balaban J connectivity index is 0.00000363. The second kappa shape index (κ2) is 12.7. The molecule has 174 valence electrons. The molecule has 9 heteroatoms. The molecule has 2 aromatic carbocycles. The molecule has 2 aromatic rings. The first-order valence-electron chi connectivity index (χ1n) is 10.4. The maximum Gasteiger partial charge on any atom is 0.221 e. The van der Waals surface area contributed by atoms with Gasteiger partial charge in [-0.05, 0) is 48.7 Å². The van der Waals surface area contributed by atoms with Crippen molar-refractivity contribution in [1.82, 2.24) is 10.6 Å². The van der Waals surface area contributed by atoms with Gasteiger partial charge in [0.05, 0.1) is 12.8 Å². The van der Waals surface area contributed by atoms with Gasteiger partial charge in [0, 0.05) is 50.4 Å². The zero-order valence-corrected chi connectivity index (χ0v) is 21.7. The van der Waals surface area contributed by atoms with E-state index < -0.39 is 0 Å². The smallest absolute Gasteiger partial charge is 0.221 e. The summed E-state index contributed by atoms with van der Waals surface area (Å²) in [6.07, 6.45) is 1.86. The molecule has 1 fully saturated rings. The van der Waals surface area contributed by atoms with Crippen LogP contribution in [0.4, 0.5) is 11.4 Å². The number of carbonyl (C=O) groups is 1. The topological polar surface area (TPSA) is 78.0 Å². The van der Waals surface area contributed by atoms with E-state index in [1.807, 2.05) is 42.5 Å². The highest BCUT2D eigenvalue weighted by Gasteiger charge is 2.25. The van der Waals surface area contributed by atoms with Crippen molar-refractivity contribution in [1.29, 1.82) is 0 Å². The number of aliphatic imine (C=N–C) groups is 1. The van der Waals surface area contributed by atoms with E-state index in [2.05, 4.69) is 25.8 Å². The lowest BCUT2D eigenvalue weighted by Gasteiger charge is -2.22. The Morgan fingerprint density at radius 3 is 2.66 bits per heavy atom. The second-order valence-corrected chi connectivity index (χ2v) is 7.96. The summed E-state index contributed by atoms with van der Waals surface area (Å²) in [5.41, 5.74) is 3.02. The van der Waals surface area contributed by atoms with Crippen LogP contribution in [-0.4, -0.2) is 51.7 Å². The molecule has 1 saturated heterocycles. The first-order valence-corrected chi connectivity index (χ1v) is 10.8. The van der Waals surface area contributed by atoms with Crippen LogP contribution < -0.4 is 25.6 Å². The summed E-state index contributed by atoms with van der Waals surface area (Å²) in [5, 5.41) is 10.4. The van der Waals surface area contributed by atoms with Crippen molar-refractivity contribution in [3.8, 4) is 5.75 Å². The number of methoxy groups -OCH3 is 1. The van der Waals surface area contributed by atoms with Crippen LogP contribution in [0.5, 0.6) is 5.75 Å². The summed E-state index contributed by atoms with van der Waals surface area (Å²) < 4.78 is 5.49. The molecule has 0 spiro atoms. The van der Waals surface area contributed by atoms with Gasteiger partial charge in [0.2, 0.25) is 5.91 Å². The van der Waals surface area contributed by atoms with Crippen LogP contribution in [-0.2, 0) is 11.2 Å². The summed E-state index contributed by atoms with van der Waals surface area (Å²) in [5.74, 6) is 1.56. The largest absolute Gasteiger partial charge is 0.495 e. The second-order valence-electron chi connectivity index (χ2n) is 7.52. The fourth-order valence-electron chi connectivity index (χ4n) is 3.68. The van der Waals surface area contributed by atoms with Gasteiger partial charge in [-0.25, -0.2) is 0 Å². The third-order valence-corrected chi connectivity index (χ3v) is 5.45. The zero-order chi connectivity index (χ0) is 22.2. The Morgan fingerprint density at radius 1 is 1.25 bits per heavy atom. The van der Waals surface area contributed by atoms with Gasteiger partial charge in [-0.1, -0.05) is 23.7 Å². The van der Waals surface area contributed by atoms with E-state index in [0.717, 1.165) is 55.6 Å². The van der Waals surface area contributed by atoms with Crippen LogP contribution in [0.3, 0.4) is 0 Å². The number of guanidine groups is 1. The third-order valence-electron chi connectivity index (χ3n) is 5.21. The zero-order valence-electron chi connectivity index (χ0n) is 18.7. The van der Waals surface area contributed by atoms with Gasteiger partial charge in [-0.2, -0.15) is 0 Å². The molecule has 0 aliphatic carbocycles. The molecule has 7 nitrogen and oxygen atoms in total. The summed E-state index contributed by atoms with van der Waals surface area (Å²) in [6, 6.07) is 13.9. The van der Waals surface area contributed by atoms with E-state index in [0.29, 0.717) is 5.02 Å². The Bertz CT molecular complexity index is 923. The lowest BCUT2D eigenvalue weighted by Crippen LogP contribution is -2.45. The van der Waals surface area contributed by atoms with Crippen LogP contribution in [0, 0.1) is 0 Å². The number of nitrogens with one attached hydrogen (secondary N) is 3. The minimum atomic E-state index is -0.0661. The van der Waals surface area contributed by atoms with Crippen molar-refractivity contribution in [3.05, 3.63) is 53.1 Å². The summed E-state index contributed by atoms with van der Waals surface area (Å²) in [4.78, 5) is 17.8. The van der Waals surface area contributed by atoms with E-state index in [1.165, 1.54) is 12.5 Å². The van der Waals surface area contributed by atoms with Crippen LogP contribution in [0.15, 0.2) is 47.5 Å². The maximum absolute atomic E-state index is 11.1. The molecule has 0 bridgehead atoms. The van der Waals surface area contributed by atoms with Gasteiger partial charge in [0.25, 0.3) is 0 Å². The van der Waals surface area contributed by atoms with Crippen molar-refractivity contribution in [3.63, 3.8) is 0 Å². The summed E-state index contributed by atoms with van der Waals surface area (Å²) in [6.45, 7) is 4.04. The molecule has 3 N–H and O–H groups in total. The monoisotopic (exact) mass is 571 g/mol. The average molecular weight is 572 g/mol. The summed E-state index contributed by atoms with van der Waals surface area (Å²) in [7, 11) is 3.46. The molecule has 1 unspecified atom stereocenters. The normalized spacial score (nSPS) is 15.7. The van der Waals surface area contributed by atoms with Gasteiger partial charge in [0.1, 0.15) is 5.75 Å². The average Bonchev–Trinajstić information content (AvgIpc) is 3.22. The van der Waals surface area contributed by atoms with Gasteiger partial charge in [-0.15, -0.1) is 24.0 Å². The number of anilines is 2. The molecule has 3 rings (SSSR count). The van der Waals surface area contributed by atoms with Crippen LogP contribution in [0.2, 0.25) is 5.02 Å². The van der Waals surface area contributed by atoms with Crippen LogP contribution in [0.1, 0.15) is 18.9 Å². The molecule has 1 heterocycles. The quantitative estimate of drug-likeness (QED) is 0.267. The molecule has 1 aliphatic rings. The highest BCUT2D eigenvalue weighted by Crippen LogP contribution is 2.33. The van der Waals surface area contributed by atoms with E-state index in [1.54, 1.807) is 14.2 Å². The number of carbonyl (C=O) groups excluding carboxylic acids is 1. The van der Waals surface area contributed by atoms with Crippen LogP contribution in [0.25, 0.3) is 0 Å². The van der Waals surface area contributed by atoms with Crippen molar-refractivity contribution in [2.75, 3.05) is 44.0 Å². The van der Waals surface area contributed by atoms with Crippen molar-refractivity contribution in [2.45, 2.75) is 25.8 Å². The van der Waals surface area contributed by atoms with Crippen LogP contribution >= 0.6 is 35.6 Å². The molecule has 0 radical (unpaired) electrons. The number of benzene rings is 2. The maximum atomic E-state index is 11.1. The van der Waals surface area contributed by atoms with Gasteiger partial charge in [0.15, 0.2) is 5.96 Å². The molecule has 0 saturated carbocycles. The number of amides is 1. The first-order chi connectivity index (χ1) is 15.0. The number of nitrogens with zero attached hydrogens (tertiary/aromatic N) is 2. The van der Waals surface area contributed by atoms with E-state index in [4.69, 9.17) is 16.3 Å². The minimum Gasteiger partial charge on any atom is -0.495 e. The van der Waals surface area contributed by atoms with Gasteiger partial charge >= 0.3 is 0 Å². The number of ether oxygens (including phenoxy) is 1. The van der Waals surface area contributed by atoms with E-state index in [9.17, 15) is 4.79 Å². The Morgan fingerprint density at radius 2 is 2.00 bits per heavy atom. The Kier molecular flexibility index (Phi) is 10.4.